The second kappa shape index (κ2) is 19.5. The van der Waals surface area contributed by atoms with Crippen molar-refractivity contribution in [1.29, 1.82) is 0 Å². The average Bonchev–Trinajstić information content (AvgIpc) is 3.01. The maximum Gasteiger partial charge on any atom is 0.343 e. The van der Waals surface area contributed by atoms with E-state index in [0.717, 1.165) is 36.4 Å². The van der Waals surface area contributed by atoms with Crippen LogP contribution in [0.4, 0.5) is 5.69 Å². The van der Waals surface area contributed by atoms with E-state index in [9.17, 15) is 9.90 Å². The van der Waals surface area contributed by atoms with Crippen molar-refractivity contribution in [2.45, 2.75) is 117 Å². The number of carbonyl (C=O) groups excluding carboxylic acids is 1. The van der Waals surface area contributed by atoms with Crippen LogP contribution >= 0.6 is 0 Å². The Hall–Kier alpha value is -3.80. The molecule has 0 aliphatic carbocycles. The van der Waals surface area contributed by atoms with Crippen molar-refractivity contribution in [3.8, 4) is 23.0 Å². The molecule has 3 aromatic carbocycles. The fraction of sp³-hybridized carbons (Fsp3) is 0.474. The fourth-order valence-corrected chi connectivity index (χ4v) is 4.94. The molecule has 0 unspecified atom stereocenters. The Labute approximate surface area is 264 Å². The van der Waals surface area contributed by atoms with Crippen LogP contribution in [0.2, 0.25) is 0 Å². The molecule has 0 amide bonds. The number of carbonyl (C=O) groups is 1. The minimum absolute atomic E-state index is 0.0287. The van der Waals surface area contributed by atoms with Gasteiger partial charge >= 0.3 is 5.97 Å². The lowest BCUT2D eigenvalue weighted by Gasteiger charge is -2.15. The molecule has 0 aromatic heterocycles. The minimum Gasteiger partial charge on any atom is -0.507 e. The Kier molecular flexibility index (Phi) is 15.4. The second-order valence-electron chi connectivity index (χ2n) is 11.6. The molecule has 0 spiro atoms. The summed E-state index contributed by atoms with van der Waals surface area (Å²) in [6.07, 6.45) is 16.4. The predicted octanol–water partition coefficient (Wildman–Crippen LogP) is 10.6. The number of phenols is 1. The Morgan fingerprint density at radius 3 is 1.77 bits per heavy atom. The summed E-state index contributed by atoms with van der Waals surface area (Å²) in [6, 6.07) is 19.3. The molecule has 44 heavy (non-hydrogen) atoms. The average molecular weight is 602 g/mol. The van der Waals surface area contributed by atoms with Crippen molar-refractivity contribution in [2.24, 2.45) is 4.99 Å². The first-order valence-corrected chi connectivity index (χ1v) is 16.5. The molecule has 0 fully saturated rings. The molecule has 0 saturated carbocycles. The van der Waals surface area contributed by atoms with Gasteiger partial charge in [-0.3, -0.25) is 4.99 Å². The molecule has 0 bridgehead atoms. The van der Waals surface area contributed by atoms with E-state index in [4.69, 9.17) is 14.2 Å². The fourth-order valence-electron chi connectivity index (χ4n) is 4.94. The molecule has 3 rings (SSSR count). The largest absolute Gasteiger partial charge is 0.507 e. The Morgan fingerprint density at radius 1 is 0.705 bits per heavy atom. The van der Waals surface area contributed by atoms with Crippen LogP contribution in [0.1, 0.15) is 121 Å². The molecule has 6 nitrogen and oxygen atoms in total. The molecule has 238 valence electrons. The normalized spacial score (nSPS) is 12.6. The third-order valence-electron chi connectivity index (χ3n) is 7.59. The van der Waals surface area contributed by atoms with Crippen LogP contribution in [-0.4, -0.2) is 29.5 Å². The van der Waals surface area contributed by atoms with Gasteiger partial charge in [-0.25, -0.2) is 4.79 Å². The number of aromatic hydroxyl groups is 1. The second-order valence-corrected chi connectivity index (χ2v) is 11.6. The zero-order chi connectivity index (χ0) is 31.6. The number of unbranched alkanes of at least 4 members (excludes halogenated alkanes) is 8. The van der Waals surface area contributed by atoms with Crippen molar-refractivity contribution in [1.82, 2.24) is 0 Å². The van der Waals surface area contributed by atoms with Gasteiger partial charge in [0, 0.05) is 17.8 Å². The number of phenolic OH excluding ortho intramolecular Hbond substituents is 1. The summed E-state index contributed by atoms with van der Waals surface area (Å²) >= 11 is 0. The van der Waals surface area contributed by atoms with E-state index in [0.29, 0.717) is 11.1 Å². The van der Waals surface area contributed by atoms with Gasteiger partial charge in [-0.05, 0) is 100 Å². The molecule has 3 aromatic rings. The van der Waals surface area contributed by atoms with E-state index in [2.05, 4.69) is 32.7 Å². The van der Waals surface area contributed by atoms with Crippen LogP contribution in [0.5, 0.6) is 23.0 Å². The molecule has 0 radical (unpaired) electrons. The van der Waals surface area contributed by atoms with Gasteiger partial charge in [0.1, 0.15) is 23.0 Å². The highest BCUT2D eigenvalue weighted by molar-refractivity contribution is 5.91. The molecular formula is C38H51NO5. The summed E-state index contributed by atoms with van der Waals surface area (Å²) in [5.41, 5.74) is 1.67. The van der Waals surface area contributed by atoms with E-state index in [1.54, 1.807) is 42.6 Å². The summed E-state index contributed by atoms with van der Waals surface area (Å²) in [4.78, 5) is 17.2. The Morgan fingerprint density at radius 2 is 1.20 bits per heavy atom. The van der Waals surface area contributed by atoms with Gasteiger partial charge in [0.15, 0.2) is 0 Å². The van der Waals surface area contributed by atoms with Crippen molar-refractivity contribution >= 4 is 17.9 Å². The van der Waals surface area contributed by atoms with Crippen molar-refractivity contribution in [2.75, 3.05) is 0 Å². The number of benzene rings is 3. The molecule has 6 heteroatoms. The van der Waals surface area contributed by atoms with Crippen LogP contribution in [0.25, 0.3) is 0 Å². The van der Waals surface area contributed by atoms with E-state index in [1.807, 2.05) is 24.3 Å². The minimum atomic E-state index is -0.505. The van der Waals surface area contributed by atoms with Gasteiger partial charge in [-0.2, -0.15) is 0 Å². The number of hydrogen-bond acceptors (Lipinski definition) is 6. The van der Waals surface area contributed by atoms with Gasteiger partial charge in [0.25, 0.3) is 0 Å². The topological polar surface area (TPSA) is 77.4 Å². The van der Waals surface area contributed by atoms with Gasteiger partial charge < -0.3 is 19.3 Å². The number of hydrogen-bond donors (Lipinski definition) is 1. The Balaban J connectivity index is 1.45. The summed E-state index contributed by atoms with van der Waals surface area (Å²) in [5.74, 6) is 1.27. The number of aliphatic imine (C=N–C) groups is 1. The summed E-state index contributed by atoms with van der Waals surface area (Å²) in [7, 11) is 0. The zero-order valence-corrected chi connectivity index (χ0v) is 27.1. The van der Waals surface area contributed by atoms with Crippen molar-refractivity contribution < 1.29 is 24.1 Å². The number of nitrogens with zero attached hydrogens (tertiary/aromatic N) is 1. The highest BCUT2D eigenvalue weighted by atomic mass is 16.5. The van der Waals surface area contributed by atoms with Gasteiger partial charge in [-0.1, -0.05) is 65.2 Å². The monoisotopic (exact) mass is 601 g/mol. The predicted molar refractivity (Wildman–Crippen MR) is 180 cm³/mol. The van der Waals surface area contributed by atoms with E-state index in [-0.39, 0.29) is 23.7 Å². The maximum atomic E-state index is 12.7. The summed E-state index contributed by atoms with van der Waals surface area (Å²) < 4.78 is 17.5. The first-order chi connectivity index (χ1) is 21.4. The van der Waals surface area contributed by atoms with E-state index in [1.165, 1.54) is 63.9 Å². The van der Waals surface area contributed by atoms with Crippen LogP contribution in [0.15, 0.2) is 71.7 Å². The van der Waals surface area contributed by atoms with Crippen molar-refractivity contribution in [3.63, 3.8) is 0 Å². The van der Waals surface area contributed by atoms with Crippen LogP contribution in [-0.2, 0) is 0 Å². The smallest absolute Gasteiger partial charge is 0.343 e. The molecule has 2 atom stereocenters. The van der Waals surface area contributed by atoms with Gasteiger partial charge in [0.05, 0.1) is 23.5 Å². The SMILES string of the molecule is CCCCCCCC[C@H](C)Oc1ccc(C(=O)Oc2ccc(C=Nc3ccc(O[C@@H](C)CCCCCC)cc3)c(O)c2)cc1. The summed E-state index contributed by atoms with van der Waals surface area (Å²) in [6.45, 7) is 8.63. The number of esters is 1. The highest BCUT2D eigenvalue weighted by Crippen LogP contribution is 2.26. The van der Waals surface area contributed by atoms with Crippen molar-refractivity contribution in [3.05, 3.63) is 77.9 Å². The molecule has 0 aliphatic heterocycles. The number of rotatable bonds is 20. The lowest BCUT2D eigenvalue weighted by Crippen LogP contribution is -2.12. The van der Waals surface area contributed by atoms with E-state index < -0.39 is 5.97 Å². The molecule has 1 N–H and O–H groups in total. The zero-order valence-electron chi connectivity index (χ0n) is 27.1. The third kappa shape index (κ3) is 12.8. The first kappa shape index (κ1) is 34.7. The van der Waals surface area contributed by atoms with Gasteiger partial charge in [-0.15, -0.1) is 0 Å². The highest BCUT2D eigenvalue weighted by Gasteiger charge is 2.12. The molecular weight excluding hydrogens is 550 g/mol. The number of ether oxygens (including phenoxy) is 3. The standard InChI is InChI=1S/C38H51NO5/c1-5-7-9-11-12-14-16-30(4)42-34-22-17-31(18-23-34)38(41)44-36-24-19-32(37(40)27-36)28-39-33-20-25-35(26-21-33)43-29(3)15-13-10-8-6-2/h17-30,40H,5-16H2,1-4H3/t29-,30-/m0/s1. The van der Waals surface area contributed by atoms with E-state index >= 15 is 0 Å². The maximum absolute atomic E-state index is 12.7. The Bertz CT molecular complexity index is 1270. The van der Waals surface area contributed by atoms with Crippen LogP contribution in [0, 0.1) is 0 Å². The van der Waals surface area contributed by atoms with Crippen LogP contribution in [0.3, 0.4) is 0 Å². The van der Waals surface area contributed by atoms with Gasteiger partial charge in [0.2, 0.25) is 0 Å². The lowest BCUT2D eigenvalue weighted by molar-refractivity contribution is 0.0734. The third-order valence-corrected chi connectivity index (χ3v) is 7.59. The molecule has 0 aliphatic rings. The lowest BCUT2D eigenvalue weighted by atomic mass is 10.1. The molecule has 0 saturated heterocycles. The quantitative estimate of drug-likeness (QED) is 0.0603. The first-order valence-electron chi connectivity index (χ1n) is 16.5. The van der Waals surface area contributed by atoms with Crippen LogP contribution < -0.4 is 14.2 Å². The molecule has 0 heterocycles. The summed E-state index contributed by atoms with van der Waals surface area (Å²) in [5, 5.41) is 10.5.